The molecule has 4 N–H and O–H groups in total. The van der Waals surface area contributed by atoms with Gasteiger partial charge >= 0.3 is 0 Å². The third-order valence-electron chi connectivity index (χ3n) is 10.5. The van der Waals surface area contributed by atoms with E-state index < -0.39 is 11.8 Å². The predicted molar refractivity (Wildman–Crippen MR) is 215 cm³/mol. The molecule has 0 saturated carbocycles. The van der Waals surface area contributed by atoms with Gasteiger partial charge < -0.3 is 20.4 Å². The Bertz CT molecular complexity index is 1850. The fourth-order valence-electron chi connectivity index (χ4n) is 7.52. The molecule has 0 fully saturated rings. The van der Waals surface area contributed by atoms with Crippen LogP contribution in [0.4, 0.5) is 0 Å². The highest BCUT2D eigenvalue weighted by atomic mass is 16.3. The molecule has 0 saturated heterocycles. The Morgan fingerprint density at radius 1 is 0.346 bits per heavy atom. The van der Waals surface area contributed by atoms with Gasteiger partial charge in [-0.3, -0.25) is 0 Å². The molecular formula is C48H58O4. The Kier molecular flexibility index (Phi) is 13.8. The molecule has 0 radical (unpaired) electrons. The number of benzene rings is 5. The summed E-state index contributed by atoms with van der Waals surface area (Å²) in [6, 6.07) is 31.9. The number of hydrogen-bond acceptors (Lipinski definition) is 4. The van der Waals surface area contributed by atoms with Crippen LogP contribution in [-0.2, 0) is 25.7 Å². The summed E-state index contributed by atoms with van der Waals surface area (Å²) < 4.78 is 0. The van der Waals surface area contributed by atoms with Crippen LogP contribution in [0.5, 0.6) is 23.0 Å². The Balaban J connectivity index is 1.77. The van der Waals surface area contributed by atoms with Crippen molar-refractivity contribution in [3.8, 4) is 23.0 Å². The number of hydrogen-bond donors (Lipinski definition) is 4. The van der Waals surface area contributed by atoms with Gasteiger partial charge in [-0.2, -0.15) is 0 Å². The lowest BCUT2D eigenvalue weighted by molar-refractivity contribution is 0.454. The van der Waals surface area contributed by atoms with Crippen LogP contribution in [0.25, 0.3) is 0 Å². The lowest BCUT2D eigenvalue weighted by Crippen LogP contribution is -2.13. The molecule has 0 heterocycles. The van der Waals surface area contributed by atoms with Crippen molar-refractivity contribution in [2.24, 2.45) is 0 Å². The minimum Gasteiger partial charge on any atom is -0.508 e. The average molecular weight is 699 g/mol. The number of aromatic hydroxyl groups is 4. The molecule has 0 aliphatic heterocycles. The van der Waals surface area contributed by atoms with Gasteiger partial charge in [-0.25, -0.2) is 0 Å². The summed E-state index contributed by atoms with van der Waals surface area (Å²) in [5.41, 5.74) is 8.95. The molecule has 1 unspecified atom stereocenters. The van der Waals surface area contributed by atoms with Crippen molar-refractivity contribution in [3.05, 3.63) is 153 Å². The number of aryl methyl sites for hydroxylation is 4. The van der Waals surface area contributed by atoms with E-state index >= 15 is 0 Å². The zero-order valence-electron chi connectivity index (χ0n) is 31.7. The van der Waals surface area contributed by atoms with Gasteiger partial charge in [0.05, 0.1) is 0 Å². The molecule has 52 heavy (non-hydrogen) atoms. The molecule has 274 valence electrons. The summed E-state index contributed by atoms with van der Waals surface area (Å²) in [7, 11) is 0. The monoisotopic (exact) mass is 698 g/mol. The zero-order valence-corrected chi connectivity index (χ0v) is 31.7. The van der Waals surface area contributed by atoms with Crippen molar-refractivity contribution in [2.45, 2.75) is 117 Å². The Morgan fingerprint density at radius 2 is 0.673 bits per heavy atom. The lowest BCUT2D eigenvalue weighted by atomic mass is 9.75. The molecular weight excluding hydrogens is 641 g/mol. The Labute approximate surface area is 311 Å². The van der Waals surface area contributed by atoms with Crippen molar-refractivity contribution in [1.82, 2.24) is 0 Å². The van der Waals surface area contributed by atoms with Crippen LogP contribution < -0.4 is 0 Å². The van der Waals surface area contributed by atoms with Gasteiger partial charge in [0.1, 0.15) is 23.0 Å². The van der Waals surface area contributed by atoms with E-state index in [1.54, 1.807) is 6.07 Å². The molecule has 0 aliphatic carbocycles. The molecule has 0 aliphatic rings. The highest BCUT2D eigenvalue weighted by Gasteiger charge is 2.31. The minimum absolute atomic E-state index is 0.164. The maximum absolute atomic E-state index is 11.8. The second kappa shape index (κ2) is 18.7. The van der Waals surface area contributed by atoms with E-state index in [9.17, 15) is 20.4 Å². The fraction of sp³-hybridized carbons (Fsp3) is 0.375. The quantitative estimate of drug-likeness (QED) is 0.0687. The highest BCUT2D eigenvalue weighted by Crippen LogP contribution is 2.48. The Hall–Kier alpha value is -4.70. The minimum atomic E-state index is -0.532. The van der Waals surface area contributed by atoms with Gasteiger partial charge in [-0.05, 0) is 109 Å². The van der Waals surface area contributed by atoms with Gasteiger partial charge in [0.2, 0.25) is 0 Å². The fourth-order valence-corrected chi connectivity index (χ4v) is 7.52. The topological polar surface area (TPSA) is 80.9 Å². The number of rotatable bonds is 18. The maximum Gasteiger partial charge on any atom is 0.120 e. The molecule has 4 nitrogen and oxygen atoms in total. The van der Waals surface area contributed by atoms with Gasteiger partial charge in [0, 0.05) is 34.1 Å². The number of phenols is 4. The standard InChI is InChI=1S/C48H58O4/c1-5-9-15-33-24-28-43(49)42(29-33)48(41-27-23-36(18-12-8-4)32-46(41)52)38-20-14-13-19-37(38)47(39-25-21-34(16-10-6-2)30-44(39)50)40-26-22-35(17-11-7-3)31-45(40)51/h13-14,19-32,47-52H,5-12,15-18H2,1-4H3. The lowest BCUT2D eigenvalue weighted by Gasteiger charge is -2.29. The summed E-state index contributed by atoms with van der Waals surface area (Å²) in [4.78, 5) is 0. The van der Waals surface area contributed by atoms with E-state index in [1.807, 2.05) is 54.6 Å². The van der Waals surface area contributed by atoms with Crippen molar-refractivity contribution < 1.29 is 20.4 Å². The SMILES string of the molecule is CCCCc1ccc(C(c2ccc(CCCC)cc2O)c2ccccc2C(c2ccc(CCCC)cc2O)c2cc(CCCC)ccc2O)c(O)c1. The molecule has 0 aromatic heterocycles. The van der Waals surface area contributed by atoms with Crippen molar-refractivity contribution in [1.29, 1.82) is 0 Å². The first-order valence-electron chi connectivity index (χ1n) is 19.6. The average Bonchev–Trinajstić information content (AvgIpc) is 3.15. The predicted octanol–water partition coefficient (Wildman–Crippen LogP) is 12.2. The van der Waals surface area contributed by atoms with Crippen LogP contribution >= 0.6 is 0 Å². The van der Waals surface area contributed by atoms with Crippen LogP contribution in [0.2, 0.25) is 0 Å². The summed E-state index contributed by atoms with van der Waals surface area (Å²) in [6.45, 7) is 8.67. The van der Waals surface area contributed by atoms with Gasteiger partial charge in [-0.1, -0.05) is 126 Å². The van der Waals surface area contributed by atoms with Crippen LogP contribution in [0.1, 0.15) is 147 Å². The third-order valence-corrected chi connectivity index (χ3v) is 10.5. The van der Waals surface area contributed by atoms with Crippen LogP contribution in [-0.4, -0.2) is 20.4 Å². The van der Waals surface area contributed by atoms with Crippen LogP contribution in [0.3, 0.4) is 0 Å². The van der Waals surface area contributed by atoms with Gasteiger partial charge in [0.15, 0.2) is 0 Å². The third kappa shape index (κ3) is 9.20. The Morgan fingerprint density at radius 3 is 1.02 bits per heavy atom. The van der Waals surface area contributed by atoms with Crippen molar-refractivity contribution in [2.75, 3.05) is 0 Å². The largest absolute Gasteiger partial charge is 0.508 e. The van der Waals surface area contributed by atoms with Gasteiger partial charge in [-0.15, -0.1) is 0 Å². The summed E-state index contributed by atoms with van der Waals surface area (Å²) in [5, 5.41) is 46.9. The van der Waals surface area contributed by atoms with E-state index in [4.69, 9.17) is 0 Å². The molecule has 5 aromatic carbocycles. The first-order chi connectivity index (χ1) is 25.3. The number of unbranched alkanes of at least 4 members (excludes halogenated alkanes) is 4. The first-order valence-corrected chi connectivity index (χ1v) is 19.6. The molecule has 4 heteroatoms. The van der Waals surface area contributed by atoms with Crippen molar-refractivity contribution >= 4 is 0 Å². The zero-order chi connectivity index (χ0) is 37.0. The summed E-state index contributed by atoms with van der Waals surface area (Å²) in [5.74, 6) is -0.334. The molecule has 0 bridgehead atoms. The second-order valence-electron chi connectivity index (χ2n) is 14.5. The molecule has 1 atom stereocenters. The smallest absolute Gasteiger partial charge is 0.120 e. The molecule has 5 rings (SSSR count). The highest BCUT2D eigenvalue weighted by molar-refractivity contribution is 5.61. The molecule has 0 amide bonds. The van der Waals surface area contributed by atoms with E-state index in [1.165, 1.54) is 0 Å². The van der Waals surface area contributed by atoms with Crippen LogP contribution in [0.15, 0.2) is 97.1 Å². The summed E-state index contributed by atoms with van der Waals surface area (Å²) >= 11 is 0. The van der Waals surface area contributed by atoms with Crippen LogP contribution in [0, 0.1) is 0 Å². The molecule has 5 aromatic rings. The van der Waals surface area contributed by atoms with E-state index in [0.717, 1.165) is 116 Å². The number of phenolic OH excluding ortho intramolecular Hbond substituents is 4. The first kappa shape index (κ1) is 38.5. The molecule has 0 spiro atoms. The van der Waals surface area contributed by atoms with E-state index in [-0.39, 0.29) is 23.0 Å². The van der Waals surface area contributed by atoms with E-state index in [2.05, 4.69) is 64.1 Å². The van der Waals surface area contributed by atoms with E-state index in [0.29, 0.717) is 16.7 Å². The second-order valence-corrected chi connectivity index (χ2v) is 14.5. The van der Waals surface area contributed by atoms with Crippen molar-refractivity contribution in [3.63, 3.8) is 0 Å². The summed E-state index contributed by atoms with van der Waals surface area (Å²) in [6.07, 6.45) is 11.9. The normalized spacial score (nSPS) is 12.0. The maximum atomic E-state index is 11.8. The van der Waals surface area contributed by atoms with Gasteiger partial charge in [0.25, 0.3) is 0 Å².